The van der Waals surface area contributed by atoms with Gasteiger partial charge in [0.1, 0.15) is 10.8 Å². The molecule has 22 heavy (non-hydrogen) atoms. The fourth-order valence-corrected chi connectivity index (χ4v) is 3.29. The zero-order valence-electron chi connectivity index (χ0n) is 12.6. The zero-order valence-corrected chi connectivity index (χ0v) is 13.4. The number of nitrogens with zero attached hydrogens (tertiary/aromatic N) is 3. The van der Waals surface area contributed by atoms with E-state index < -0.39 is 0 Å². The molecule has 0 bridgehead atoms. The Balaban J connectivity index is 1.77. The second-order valence-electron chi connectivity index (χ2n) is 5.15. The van der Waals surface area contributed by atoms with E-state index in [2.05, 4.69) is 15.1 Å². The monoisotopic (exact) mass is 320 g/mol. The molecular weight excluding hydrogens is 300 g/mol. The number of hydrogen-bond acceptors (Lipinski definition) is 7. The summed E-state index contributed by atoms with van der Waals surface area (Å²) in [5.74, 6) is 0.837. The normalized spacial score (nSPS) is 19.0. The Hall–Kier alpha value is -1.70. The van der Waals surface area contributed by atoms with Gasteiger partial charge >= 0.3 is 0 Å². The van der Waals surface area contributed by atoms with Crippen LogP contribution in [0.4, 0.5) is 5.13 Å². The van der Waals surface area contributed by atoms with Crippen molar-refractivity contribution in [1.82, 2.24) is 10.2 Å². The Bertz CT molecular complexity index is 602. The predicted octanol–water partition coefficient (Wildman–Crippen LogP) is 1.77. The summed E-state index contributed by atoms with van der Waals surface area (Å²) in [6.07, 6.45) is 1.05. The molecule has 0 saturated carbocycles. The van der Waals surface area contributed by atoms with Crippen molar-refractivity contribution < 1.29 is 9.47 Å². The maximum atomic E-state index is 5.74. The maximum Gasteiger partial charge on any atom is 0.208 e. The van der Waals surface area contributed by atoms with Gasteiger partial charge in [0, 0.05) is 31.8 Å². The van der Waals surface area contributed by atoms with Crippen LogP contribution in [0.15, 0.2) is 24.3 Å². The number of aromatic nitrogens is 2. The molecule has 1 aromatic carbocycles. The number of ether oxygens (including phenoxy) is 2. The van der Waals surface area contributed by atoms with Crippen molar-refractivity contribution in [3.05, 3.63) is 24.3 Å². The molecule has 1 atom stereocenters. The Morgan fingerprint density at radius 2 is 2.18 bits per heavy atom. The van der Waals surface area contributed by atoms with Gasteiger partial charge in [-0.2, -0.15) is 0 Å². The first-order valence-electron chi connectivity index (χ1n) is 7.34. The first-order valence-corrected chi connectivity index (χ1v) is 8.16. The molecule has 1 aromatic heterocycles. The molecule has 1 saturated heterocycles. The summed E-state index contributed by atoms with van der Waals surface area (Å²) < 4.78 is 10.9. The molecule has 1 fully saturated rings. The number of anilines is 1. The quantitative estimate of drug-likeness (QED) is 0.925. The first-order chi connectivity index (χ1) is 10.8. The van der Waals surface area contributed by atoms with Crippen molar-refractivity contribution >= 4 is 16.5 Å². The molecule has 7 heteroatoms. The second-order valence-corrected chi connectivity index (χ2v) is 6.10. The molecule has 2 heterocycles. The Morgan fingerprint density at radius 1 is 1.36 bits per heavy atom. The van der Waals surface area contributed by atoms with E-state index in [0.29, 0.717) is 6.54 Å². The van der Waals surface area contributed by atoms with Gasteiger partial charge in [-0.1, -0.05) is 11.3 Å². The zero-order chi connectivity index (χ0) is 15.4. The minimum Gasteiger partial charge on any atom is -0.497 e. The van der Waals surface area contributed by atoms with Crippen LogP contribution in [0.25, 0.3) is 10.6 Å². The predicted molar refractivity (Wildman–Crippen MR) is 87.5 cm³/mol. The van der Waals surface area contributed by atoms with Gasteiger partial charge < -0.3 is 20.1 Å². The van der Waals surface area contributed by atoms with Crippen LogP contribution in [0.2, 0.25) is 0 Å². The van der Waals surface area contributed by atoms with E-state index in [1.807, 2.05) is 24.3 Å². The standard InChI is InChI=1S/C15H20N4O2S/c1-20-12-5-3-11(4-6-12)14-17-18-15(22-14)19-7-2-8-21-13(9-16)10-19/h3-6,13H,2,7-10,16H2,1H3. The fraction of sp³-hybridized carbons (Fsp3) is 0.467. The van der Waals surface area contributed by atoms with E-state index in [9.17, 15) is 0 Å². The van der Waals surface area contributed by atoms with Crippen LogP contribution in [0.3, 0.4) is 0 Å². The van der Waals surface area contributed by atoms with E-state index in [1.165, 1.54) is 0 Å². The third-order valence-corrected chi connectivity index (χ3v) is 4.67. The lowest BCUT2D eigenvalue weighted by atomic mass is 10.2. The minimum absolute atomic E-state index is 0.0656. The van der Waals surface area contributed by atoms with Crippen LogP contribution in [0.5, 0.6) is 5.75 Å². The van der Waals surface area contributed by atoms with Gasteiger partial charge in [0.25, 0.3) is 0 Å². The second kappa shape index (κ2) is 7.04. The van der Waals surface area contributed by atoms with Crippen LogP contribution in [0.1, 0.15) is 6.42 Å². The molecule has 2 N–H and O–H groups in total. The lowest BCUT2D eigenvalue weighted by Crippen LogP contribution is -2.36. The van der Waals surface area contributed by atoms with Crippen LogP contribution in [-0.2, 0) is 4.74 Å². The summed E-state index contributed by atoms with van der Waals surface area (Å²) in [5.41, 5.74) is 6.79. The largest absolute Gasteiger partial charge is 0.497 e. The van der Waals surface area contributed by atoms with Crippen molar-refractivity contribution in [2.75, 3.05) is 38.3 Å². The average molecular weight is 320 g/mol. The number of benzene rings is 1. The smallest absolute Gasteiger partial charge is 0.208 e. The van der Waals surface area contributed by atoms with Crippen LogP contribution < -0.4 is 15.4 Å². The highest BCUT2D eigenvalue weighted by Crippen LogP contribution is 2.30. The summed E-state index contributed by atoms with van der Waals surface area (Å²) in [6.45, 7) is 2.98. The highest BCUT2D eigenvalue weighted by Gasteiger charge is 2.21. The molecule has 1 aliphatic rings. The van der Waals surface area contributed by atoms with E-state index >= 15 is 0 Å². The lowest BCUT2D eigenvalue weighted by molar-refractivity contribution is 0.0749. The average Bonchev–Trinajstić information content (AvgIpc) is 2.93. The van der Waals surface area contributed by atoms with Gasteiger partial charge in [-0.15, -0.1) is 10.2 Å². The summed E-state index contributed by atoms with van der Waals surface area (Å²) >= 11 is 1.59. The molecule has 0 aliphatic carbocycles. The molecule has 118 valence electrons. The van der Waals surface area contributed by atoms with Crippen molar-refractivity contribution in [1.29, 1.82) is 0 Å². The van der Waals surface area contributed by atoms with Gasteiger partial charge in [-0.05, 0) is 30.7 Å². The number of methoxy groups -OCH3 is 1. The van der Waals surface area contributed by atoms with Gasteiger partial charge in [-0.3, -0.25) is 0 Å². The van der Waals surface area contributed by atoms with Gasteiger partial charge in [0.05, 0.1) is 13.2 Å². The van der Waals surface area contributed by atoms with Crippen molar-refractivity contribution in [3.63, 3.8) is 0 Å². The number of hydrogen-bond donors (Lipinski definition) is 1. The minimum atomic E-state index is 0.0656. The molecule has 1 unspecified atom stereocenters. The SMILES string of the molecule is COc1ccc(-c2nnc(N3CCCOC(CN)C3)s2)cc1. The summed E-state index contributed by atoms with van der Waals surface area (Å²) in [6, 6.07) is 7.86. The molecule has 0 spiro atoms. The molecule has 3 rings (SSSR count). The van der Waals surface area contributed by atoms with E-state index in [0.717, 1.165) is 47.6 Å². The van der Waals surface area contributed by atoms with Gasteiger partial charge in [-0.25, -0.2) is 0 Å². The molecule has 0 amide bonds. The highest BCUT2D eigenvalue weighted by atomic mass is 32.1. The molecular formula is C15H20N4O2S. The summed E-state index contributed by atoms with van der Waals surface area (Å²) in [4.78, 5) is 2.22. The first kappa shape index (κ1) is 15.2. The third-order valence-electron chi connectivity index (χ3n) is 3.63. The van der Waals surface area contributed by atoms with E-state index in [4.69, 9.17) is 15.2 Å². The van der Waals surface area contributed by atoms with Crippen LogP contribution in [0, 0.1) is 0 Å². The van der Waals surface area contributed by atoms with E-state index in [1.54, 1.807) is 18.4 Å². The molecule has 2 aromatic rings. The number of nitrogens with two attached hydrogens (primary N) is 1. The van der Waals surface area contributed by atoms with Crippen molar-refractivity contribution in [2.45, 2.75) is 12.5 Å². The Labute approximate surface area is 133 Å². The maximum absolute atomic E-state index is 5.74. The van der Waals surface area contributed by atoms with Gasteiger partial charge in [0.15, 0.2) is 0 Å². The fourth-order valence-electron chi connectivity index (χ4n) is 2.41. The highest BCUT2D eigenvalue weighted by molar-refractivity contribution is 7.18. The third kappa shape index (κ3) is 3.37. The Morgan fingerprint density at radius 3 is 2.91 bits per heavy atom. The van der Waals surface area contributed by atoms with E-state index in [-0.39, 0.29) is 6.10 Å². The summed E-state index contributed by atoms with van der Waals surface area (Å²) in [5, 5.41) is 10.5. The van der Waals surface area contributed by atoms with Crippen LogP contribution >= 0.6 is 11.3 Å². The molecule has 6 nitrogen and oxygen atoms in total. The molecule has 0 radical (unpaired) electrons. The lowest BCUT2D eigenvalue weighted by Gasteiger charge is -2.21. The number of rotatable bonds is 4. The molecule has 1 aliphatic heterocycles. The Kier molecular flexibility index (Phi) is 4.87. The topological polar surface area (TPSA) is 73.5 Å². The van der Waals surface area contributed by atoms with Crippen molar-refractivity contribution in [2.24, 2.45) is 5.73 Å². The summed E-state index contributed by atoms with van der Waals surface area (Å²) in [7, 11) is 1.66. The van der Waals surface area contributed by atoms with Gasteiger partial charge in [0.2, 0.25) is 5.13 Å². The van der Waals surface area contributed by atoms with Crippen LogP contribution in [-0.4, -0.2) is 49.7 Å². The van der Waals surface area contributed by atoms with Crippen molar-refractivity contribution in [3.8, 4) is 16.3 Å².